The molecule has 24 heavy (non-hydrogen) atoms. The first-order valence-electron chi connectivity index (χ1n) is 7.94. The largest absolute Gasteiger partial charge is 0.359 e. The van der Waals surface area contributed by atoms with E-state index in [2.05, 4.69) is 22.4 Å². The first-order chi connectivity index (χ1) is 11.6. The van der Waals surface area contributed by atoms with Gasteiger partial charge in [-0.3, -0.25) is 4.79 Å². The number of aryl methyl sites for hydroxylation is 1. The van der Waals surface area contributed by atoms with Gasteiger partial charge in [0, 0.05) is 36.6 Å². The lowest BCUT2D eigenvalue weighted by Crippen LogP contribution is -2.07. The Kier molecular flexibility index (Phi) is 4.46. The molecule has 2 aromatic heterocycles. The van der Waals surface area contributed by atoms with E-state index in [1.807, 2.05) is 48.0 Å². The number of nitrogens with one attached hydrogen (secondary N) is 1. The van der Waals surface area contributed by atoms with Crippen LogP contribution < -0.4 is 5.32 Å². The second-order valence-electron chi connectivity index (χ2n) is 5.67. The van der Waals surface area contributed by atoms with Gasteiger partial charge in [-0.1, -0.05) is 12.1 Å². The van der Waals surface area contributed by atoms with Gasteiger partial charge in [0.25, 0.3) is 0 Å². The van der Waals surface area contributed by atoms with Crippen molar-refractivity contribution in [2.45, 2.75) is 33.2 Å². The summed E-state index contributed by atoms with van der Waals surface area (Å²) >= 11 is 0. The first kappa shape index (κ1) is 16.0. The van der Waals surface area contributed by atoms with E-state index in [9.17, 15) is 4.79 Å². The van der Waals surface area contributed by atoms with E-state index in [1.54, 1.807) is 6.20 Å². The Balaban J connectivity index is 1.88. The number of aromatic nitrogens is 3. The molecule has 0 bridgehead atoms. The third-order valence-corrected chi connectivity index (χ3v) is 3.90. The van der Waals surface area contributed by atoms with E-state index < -0.39 is 0 Å². The van der Waals surface area contributed by atoms with Crippen molar-refractivity contribution in [1.29, 1.82) is 0 Å². The molecular formula is C18H20N4O2. The topological polar surface area (TPSA) is 73.0 Å². The monoisotopic (exact) mass is 324 g/mol. The number of carbonyl (C=O) groups excluding carboxylic acids is 1. The quantitative estimate of drug-likeness (QED) is 0.777. The van der Waals surface area contributed by atoms with Gasteiger partial charge >= 0.3 is 0 Å². The SMILES string of the molecule is CCc1cc(C(C)n2ccnc2-c2ccc(NC(C)=O)cc2)on1. The van der Waals surface area contributed by atoms with Crippen LogP contribution in [0.15, 0.2) is 47.2 Å². The van der Waals surface area contributed by atoms with Gasteiger partial charge in [-0.05, 0) is 37.6 Å². The zero-order valence-electron chi connectivity index (χ0n) is 14.0. The second-order valence-corrected chi connectivity index (χ2v) is 5.67. The van der Waals surface area contributed by atoms with Gasteiger partial charge in [-0.2, -0.15) is 0 Å². The third-order valence-electron chi connectivity index (χ3n) is 3.90. The molecule has 6 nitrogen and oxygen atoms in total. The van der Waals surface area contributed by atoms with Gasteiger partial charge in [0.1, 0.15) is 5.82 Å². The van der Waals surface area contributed by atoms with E-state index in [-0.39, 0.29) is 11.9 Å². The Hall–Kier alpha value is -2.89. The molecule has 1 atom stereocenters. The maximum atomic E-state index is 11.1. The molecule has 6 heteroatoms. The number of carbonyl (C=O) groups is 1. The Bertz CT molecular complexity index is 833. The van der Waals surface area contributed by atoms with E-state index >= 15 is 0 Å². The van der Waals surface area contributed by atoms with Crippen molar-refractivity contribution in [2.75, 3.05) is 5.32 Å². The number of rotatable bonds is 5. The highest BCUT2D eigenvalue weighted by Gasteiger charge is 2.17. The predicted molar refractivity (Wildman–Crippen MR) is 91.7 cm³/mol. The fourth-order valence-corrected chi connectivity index (χ4v) is 2.58. The summed E-state index contributed by atoms with van der Waals surface area (Å²) in [6.07, 6.45) is 4.54. The number of benzene rings is 1. The molecule has 0 aliphatic rings. The van der Waals surface area contributed by atoms with Crippen LogP contribution in [0, 0.1) is 0 Å². The normalized spacial score (nSPS) is 12.1. The molecule has 0 spiro atoms. The number of imidazole rings is 1. The number of hydrogen-bond acceptors (Lipinski definition) is 4. The molecule has 0 aliphatic carbocycles. The minimum absolute atomic E-state index is 0.00896. The molecule has 0 saturated heterocycles. The van der Waals surface area contributed by atoms with Crippen molar-refractivity contribution in [3.05, 3.63) is 54.2 Å². The molecular weight excluding hydrogens is 304 g/mol. The maximum absolute atomic E-state index is 11.1. The van der Waals surface area contributed by atoms with E-state index in [1.165, 1.54) is 6.92 Å². The minimum Gasteiger partial charge on any atom is -0.359 e. The van der Waals surface area contributed by atoms with Crippen LogP contribution in [0.1, 0.15) is 38.3 Å². The lowest BCUT2D eigenvalue weighted by Gasteiger charge is -2.14. The average molecular weight is 324 g/mol. The van der Waals surface area contributed by atoms with E-state index in [0.29, 0.717) is 0 Å². The summed E-state index contributed by atoms with van der Waals surface area (Å²) in [5.41, 5.74) is 2.68. The minimum atomic E-state index is -0.0880. The van der Waals surface area contributed by atoms with Crippen molar-refractivity contribution in [1.82, 2.24) is 14.7 Å². The summed E-state index contributed by atoms with van der Waals surface area (Å²) in [4.78, 5) is 15.6. The summed E-state index contributed by atoms with van der Waals surface area (Å²) in [7, 11) is 0. The summed E-state index contributed by atoms with van der Waals surface area (Å²) in [6.45, 7) is 5.59. The van der Waals surface area contributed by atoms with Gasteiger partial charge in [-0.25, -0.2) is 4.98 Å². The van der Waals surface area contributed by atoms with Gasteiger partial charge in [0.05, 0.1) is 11.7 Å². The van der Waals surface area contributed by atoms with Crippen molar-refractivity contribution >= 4 is 11.6 Å². The third kappa shape index (κ3) is 3.22. The predicted octanol–water partition coefficient (Wildman–Crippen LogP) is 3.67. The maximum Gasteiger partial charge on any atom is 0.221 e. The van der Waals surface area contributed by atoms with Crippen LogP contribution >= 0.6 is 0 Å². The highest BCUT2D eigenvalue weighted by molar-refractivity contribution is 5.88. The van der Waals surface area contributed by atoms with Crippen LogP contribution in [0.2, 0.25) is 0 Å². The van der Waals surface area contributed by atoms with Gasteiger partial charge < -0.3 is 14.4 Å². The smallest absolute Gasteiger partial charge is 0.221 e. The molecule has 124 valence electrons. The van der Waals surface area contributed by atoms with Crippen LogP contribution in [0.5, 0.6) is 0 Å². The van der Waals surface area contributed by atoms with Gasteiger partial charge in [0.15, 0.2) is 5.76 Å². The van der Waals surface area contributed by atoms with Crippen molar-refractivity contribution in [3.63, 3.8) is 0 Å². The van der Waals surface area contributed by atoms with Crippen LogP contribution in [0.25, 0.3) is 11.4 Å². The summed E-state index contributed by atoms with van der Waals surface area (Å²) in [5.74, 6) is 1.56. The van der Waals surface area contributed by atoms with E-state index in [4.69, 9.17) is 4.52 Å². The standard InChI is InChI=1S/C18H20N4O2/c1-4-15-11-17(24-21-15)12(2)22-10-9-19-18(22)14-5-7-16(8-6-14)20-13(3)23/h5-12H,4H2,1-3H3,(H,20,23). The summed E-state index contributed by atoms with van der Waals surface area (Å²) < 4.78 is 7.50. The highest BCUT2D eigenvalue weighted by Crippen LogP contribution is 2.26. The Morgan fingerprint density at radius 1 is 1.33 bits per heavy atom. The van der Waals surface area contributed by atoms with Crippen molar-refractivity contribution < 1.29 is 9.32 Å². The van der Waals surface area contributed by atoms with E-state index in [0.717, 1.165) is 35.0 Å². The summed E-state index contributed by atoms with van der Waals surface area (Å²) in [6, 6.07) is 9.58. The highest BCUT2D eigenvalue weighted by atomic mass is 16.5. The van der Waals surface area contributed by atoms with Crippen LogP contribution in [-0.2, 0) is 11.2 Å². The van der Waals surface area contributed by atoms with Crippen molar-refractivity contribution in [2.24, 2.45) is 0 Å². The number of hydrogen-bond donors (Lipinski definition) is 1. The molecule has 0 aliphatic heterocycles. The summed E-state index contributed by atoms with van der Waals surface area (Å²) in [5, 5.41) is 6.82. The fraction of sp³-hybridized carbons (Fsp3) is 0.278. The number of anilines is 1. The molecule has 0 fully saturated rings. The van der Waals surface area contributed by atoms with Crippen molar-refractivity contribution in [3.8, 4) is 11.4 Å². The van der Waals surface area contributed by atoms with Crippen LogP contribution in [-0.4, -0.2) is 20.6 Å². The molecule has 1 aromatic carbocycles. The molecule has 3 aromatic rings. The molecule has 1 amide bonds. The Labute approximate surface area is 140 Å². The van der Waals surface area contributed by atoms with Crippen LogP contribution in [0.3, 0.4) is 0 Å². The molecule has 3 rings (SSSR count). The zero-order valence-corrected chi connectivity index (χ0v) is 14.0. The zero-order chi connectivity index (χ0) is 17.1. The second kappa shape index (κ2) is 6.70. The molecule has 0 saturated carbocycles. The van der Waals surface area contributed by atoms with Crippen LogP contribution in [0.4, 0.5) is 5.69 Å². The molecule has 1 N–H and O–H groups in total. The Morgan fingerprint density at radius 2 is 2.08 bits per heavy atom. The molecule has 1 unspecified atom stereocenters. The number of amides is 1. The molecule has 2 heterocycles. The fourth-order valence-electron chi connectivity index (χ4n) is 2.58. The average Bonchev–Trinajstić information content (AvgIpc) is 3.24. The lowest BCUT2D eigenvalue weighted by atomic mass is 10.1. The van der Waals surface area contributed by atoms with Gasteiger partial charge in [0.2, 0.25) is 5.91 Å². The first-order valence-corrected chi connectivity index (χ1v) is 7.94. The Morgan fingerprint density at radius 3 is 2.71 bits per heavy atom. The van der Waals surface area contributed by atoms with Gasteiger partial charge in [-0.15, -0.1) is 0 Å². The lowest BCUT2D eigenvalue weighted by molar-refractivity contribution is -0.114. The number of nitrogens with zero attached hydrogens (tertiary/aromatic N) is 3. The molecule has 0 radical (unpaired) electrons.